The van der Waals surface area contributed by atoms with Gasteiger partial charge >= 0.3 is 0 Å². The zero-order valence-electron chi connectivity index (χ0n) is 10.6. The lowest BCUT2D eigenvalue weighted by Crippen LogP contribution is -2.02. The van der Waals surface area contributed by atoms with Gasteiger partial charge in [-0.1, -0.05) is 27.2 Å². The van der Waals surface area contributed by atoms with Crippen LogP contribution in [0.15, 0.2) is 23.1 Å². The number of hydrogen-bond donors (Lipinski definition) is 1. The Hall–Kier alpha value is -0.870. The van der Waals surface area contributed by atoms with E-state index in [1.54, 1.807) is 18.2 Å². The van der Waals surface area contributed by atoms with Gasteiger partial charge in [0, 0.05) is 0 Å². The normalized spacial score (nSPS) is 12.8. The first-order chi connectivity index (χ1) is 8.06. The van der Waals surface area contributed by atoms with E-state index in [2.05, 4.69) is 6.92 Å². The predicted molar refractivity (Wildman–Crippen MR) is 70.0 cm³/mol. The molecule has 0 saturated heterocycles. The molecule has 0 fully saturated rings. The quantitative estimate of drug-likeness (QED) is 0.625. The lowest BCUT2D eigenvalue weighted by Gasteiger charge is -2.14. The van der Waals surface area contributed by atoms with Crippen molar-refractivity contribution in [3.05, 3.63) is 23.8 Å². The fourth-order valence-electron chi connectivity index (χ4n) is 1.54. The summed E-state index contributed by atoms with van der Waals surface area (Å²) in [6.45, 7) is 6.90. The number of ether oxygens (including phenoxy) is 1. The SMILES string of the molecule is CCCCOc1ccc(S(=O)O)cc1C(C)C. The molecule has 0 aliphatic heterocycles. The molecule has 1 N–H and O–H groups in total. The minimum absolute atomic E-state index is 0.273. The Kier molecular flexibility index (Phi) is 5.65. The zero-order valence-corrected chi connectivity index (χ0v) is 11.4. The molecule has 0 aromatic heterocycles. The third-order valence-electron chi connectivity index (χ3n) is 2.56. The zero-order chi connectivity index (χ0) is 12.8. The van der Waals surface area contributed by atoms with Gasteiger partial charge in [-0.05, 0) is 36.1 Å². The van der Waals surface area contributed by atoms with Gasteiger partial charge in [0.25, 0.3) is 0 Å². The van der Waals surface area contributed by atoms with E-state index in [9.17, 15) is 4.21 Å². The molecule has 0 aliphatic carbocycles. The van der Waals surface area contributed by atoms with Crippen LogP contribution in [0, 0.1) is 0 Å². The lowest BCUT2D eigenvalue weighted by atomic mass is 10.0. The van der Waals surface area contributed by atoms with E-state index in [4.69, 9.17) is 9.29 Å². The van der Waals surface area contributed by atoms with Crippen LogP contribution < -0.4 is 4.74 Å². The predicted octanol–water partition coefficient (Wildman–Crippen LogP) is 3.57. The van der Waals surface area contributed by atoms with Crippen molar-refractivity contribution >= 4 is 11.1 Å². The molecule has 0 heterocycles. The molecule has 1 aromatic carbocycles. The van der Waals surface area contributed by atoms with Gasteiger partial charge in [0.05, 0.1) is 11.5 Å². The standard InChI is InChI=1S/C13H20O3S/c1-4-5-8-16-13-7-6-11(17(14)15)9-12(13)10(2)3/h6-7,9-10H,4-5,8H2,1-3H3,(H,14,15). The van der Waals surface area contributed by atoms with E-state index in [0.29, 0.717) is 11.5 Å². The maximum Gasteiger partial charge on any atom is 0.186 e. The van der Waals surface area contributed by atoms with Crippen LogP contribution >= 0.6 is 0 Å². The summed E-state index contributed by atoms with van der Waals surface area (Å²) in [5, 5.41) is 0. The Morgan fingerprint density at radius 2 is 2.12 bits per heavy atom. The minimum Gasteiger partial charge on any atom is -0.493 e. The molecule has 1 aromatic rings. The van der Waals surface area contributed by atoms with Crippen LogP contribution in [0.5, 0.6) is 5.75 Å². The summed E-state index contributed by atoms with van der Waals surface area (Å²) < 4.78 is 25.8. The summed E-state index contributed by atoms with van der Waals surface area (Å²) >= 11 is -1.93. The first-order valence-corrected chi connectivity index (χ1v) is 7.04. The molecule has 96 valence electrons. The number of hydrogen-bond acceptors (Lipinski definition) is 2. The van der Waals surface area contributed by atoms with Gasteiger partial charge < -0.3 is 9.29 Å². The van der Waals surface area contributed by atoms with Crippen molar-refractivity contribution in [2.45, 2.75) is 44.4 Å². The fourth-order valence-corrected chi connectivity index (χ4v) is 1.96. The minimum atomic E-state index is -1.93. The van der Waals surface area contributed by atoms with E-state index in [1.165, 1.54) is 0 Å². The average molecular weight is 256 g/mol. The Bertz CT molecular complexity index is 388. The van der Waals surface area contributed by atoms with Crippen LogP contribution in [0.4, 0.5) is 0 Å². The van der Waals surface area contributed by atoms with E-state index >= 15 is 0 Å². The first-order valence-electron chi connectivity index (χ1n) is 5.93. The lowest BCUT2D eigenvalue weighted by molar-refractivity contribution is 0.305. The van der Waals surface area contributed by atoms with Crippen molar-refractivity contribution < 1.29 is 13.5 Å². The van der Waals surface area contributed by atoms with Crippen molar-refractivity contribution in [1.29, 1.82) is 0 Å². The van der Waals surface area contributed by atoms with Crippen LogP contribution in [0.25, 0.3) is 0 Å². The van der Waals surface area contributed by atoms with Crippen LogP contribution in [0.1, 0.15) is 45.1 Å². The highest BCUT2D eigenvalue weighted by Gasteiger charge is 2.11. The van der Waals surface area contributed by atoms with E-state index in [-0.39, 0.29) is 5.92 Å². The van der Waals surface area contributed by atoms with Gasteiger partial charge in [0.15, 0.2) is 11.1 Å². The van der Waals surface area contributed by atoms with Gasteiger partial charge in [-0.15, -0.1) is 0 Å². The molecular weight excluding hydrogens is 236 g/mol. The monoisotopic (exact) mass is 256 g/mol. The number of unbranched alkanes of at least 4 members (excludes halogenated alkanes) is 1. The van der Waals surface area contributed by atoms with Gasteiger partial charge in [-0.25, -0.2) is 4.21 Å². The van der Waals surface area contributed by atoms with E-state index < -0.39 is 11.1 Å². The highest BCUT2D eigenvalue weighted by molar-refractivity contribution is 7.79. The van der Waals surface area contributed by atoms with Crippen LogP contribution in [-0.4, -0.2) is 15.4 Å². The van der Waals surface area contributed by atoms with Crippen molar-refractivity contribution in [3.63, 3.8) is 0 Å². The number of benzene rings is 1. The molecule has 0 bridgehead atoms. The third kappa shape index (κ3) is 4.13. The van der Waals surface area contributed by atoms with Crippen LogP contribution in [0.2, 0.25) is 0 Å². The molecule has 0 radical (unpaired) electrons. The molecule has 0 aliphatic rings. The smallest absolute Gasteiger partial charge is 0.186 e. The Morgan fingerprint density at radius 3 is 2.65 bits per heavy atom. The number of rotatable bonds is 6. The van der Waals surface area contributed by atoms with Crippen LogP contribution in [-0.2, 0) is 11.1 Å². The maximum atomic E-state index is 11.0. The van der Waals surface area contributed by atoms with Crippen LogP contribution in [0.3, 0.4) is 0 Å². The van der Waals surface area contributed by atoms with Gasteiger partial charge in [-0.3, -0.25) is 0 Å². The van der Waals surface area contributed by atoms with Gasteiger partial charge in [0.1, 0.15) is 5.75 Å². The molecule has 1 atom stereocenters. The summed E-state index contributed by atoms with van der Waals surface area (Å²) in [6.07, 6.45) is 2.11. The summed E-state index contributed by atoms with van der Waals surface area (Å²) in [5.41, 5.74) is 0.987. The maximum absolute atomic E-state index is 11.0. The molecule has 1 rings (SSSR count). The largest absolute Gasteiger partial charge is 0.493 e. The summed E-state index contributed by atoms with van der Waals surface area (Å²) in [4.78, 5) is 0.427. The van der Waals surface area contributed by atoms with Crippen molar-refractivity contribution in [2.24, 2.45) is 0 Å². The Labute approximate surface area is 105 Å². The van der Waals surface area contributed by atoms with Gasteiger partial charge in [0.2, 0.25) is 0 Å². The molecule has 3 nitrogen and oxygen atoms in total. The molecule has 1 unspecified atom stereocenters. The van der Waals surface area contributed by atoms with E-state index in [0.717, 1.165) is 24.2 Å². The Morgan fingerprint density at radius 1 is 1.41 bits per heavy atom. The molecule has 0 spiro atoms. The second-order valence-corrected chi connectivity index (χ2v) is 5.28. The van der Waals surface area contributed by atoms with Gasteiger partial charge in [-0.2, -0.15) is 0 Å². The molecular formula is C13H20O3S. The molecule has 0 saturated carbocycles. The average Bonchev–Trinajstić information content (AvgIpc) is 2.29. The second-order valence-electron chi connectivity index (χ2n) is 4.31. The molecule has 4 heteroatoms. The van der Waals surface area contributed by atoms with Crippen molar-refractivity contribution in [1.82, 2.24) is 0 Å². The first kappa shape index (κ1) is 14.2. The van der Waals surface area contributed by atoms with E-state index in [1.807, 2.05) is 13.8 Å². The highest BCUT2D eigenvalue weighted by Crippen LogP contribution is 2.28. The fraction of sp³-hybridized carbons (Fsp3) is 0.538. The summed E-state index contributed by atoms with van der Waals surface area (Å²) in [7, 11) is 0. The molecule has 0 amide bonds. The third-order valence-corrected chi connectivity index (χ3v) is 3.22. The van der Waals surface area contributed by atoms with Crippen molar-refractivity contribution in [2.75, 3.05) is 6.61 Å². The molecule has 17 heavy (non-hydrogen) atoms. The Balaban J connectivity index is 2.92. The topological polar surface area (TPSA) is 46.5 Å². The van der Waals surface area contributed by atoms with Crippen molar-refractivity contribution in [3.8, 4) is 5.75 Å². The summed E-state index contributed by atoms with van der Waals surface area (Å²) in [5.74, 6) is 1.10. The second kappa shape index (κ2) is 6.77. The highest BCUT2D eigenvalue weighted by atomic mass is 32.2. The summed E-state index contributed by atoms with van der Waals surface area (Å²) in [6, 6.07) is 5.18.